The SMILES string of the molecule is CC12CCC(c3nc4c(-c5cc(N(c6ccccc6)c6ccccc6)c6ccccc6c5)sc(-c5cc(N(c6ccccc6)c6ccccc6)c6ccccc6c5)c4nc31)C2(C)C. The van der Waals surface area contributed by atoms with Crippen molar-refractivity contribution in [2.45, 2.75) is 44.9 Å². The van der Waals surface area contributed by atoms with Crippen LogP contribution < -0.4 is 9.80 Å². The summed E-state index contributed by atoms with van der Waals surface area (Å²) < 4.78 is 0. The molecule has 1 fully saturated rings. The Kier molecular flexibility index (Phi) is 8.67. The number of thiophene rings is 1. The van der Waals surface area contributed by atoms with E-state index in [9.17, 15) is 0 Å². The topological polar surface area (TPSA) is 32.3 Å². The number of fused-ring (bicyclic) bond motifs is 8. The van der Waals surface area contributed by atoms with E-state index >= 15 is 0 Å². The van der Waals surface area contributed by atoms with E-state index in [2.05, 4.69) is 225 Å². The summed E-state index contributed by atoms with van der Waals surface area (Å²) in [5.41, 5.74) is 13.4. The molecular formula is C58H46N4S. The Hall–Kier alpha value is -7.08. The molecule has 12 rings (SSSR count). The molecule has 2 bridgehead atoms. The van der Waals surface area contributed by atoms with Crippen LogP contribution in [0, 0.1) is 5.41 Å². The molecule has 10 aromatic rings. The van der Waals surface area contributed by atoms with Crippen molar-refractivity contribution in [1.82, 2.24) is 9.97 Å². The number of aromatic nitrogens is 2. The molecule has 0 radical (unpaired) electrons. The van der Waals surface area contributed by atoms with Gasteiger partial charge in [0, 0.05) is 44.9 Å². The van der Waals surface area contributed by atoms with Crippen LogP contribution in [0.25, 0.3) is 53.5 Å². The van der Waals surface area contributed by atoms with Gasteiger partial charge >= 0.3 is 0 Å². The lowest BCUT2D eigenvalue weighted by Crippen LogP contribution is -2.31. The highest BCUT2D eigenvalue weighted by atomic mass is 32.1. The third-order valence-corrected chi connectivity index (χ3v) is 15.6. The van der Waals surface area contributed by atoms with Crippen molar-refractivity contribution >= 4 is 78.0 Å². The van der Waals surface area contributed by atoms with Crippen LogP contribution in [0.4, 0.5) is 34.1 Å². The Bertz CT molecular complexity index is 3270. The first-order chi connectivity index (χ1) is 30.9. The highest BCUT2D eigenvalue weighted by Crippen LogP contribution is 2.67. The molecule has 0 spiro atoms. The minimum absolute atomic E-state index is 0.0402. The molecule has 0 amide bonds. The normalized spacial score (nSPS) is 17.3. The molecule has 0 saturated heterocycles. The summed E-state index contributed by atoms with van der Waals surface area (Å²) in [4.78, 5) is 18.7. The first-order valence-electron chi connectivity index (χ1n) is 22.1. The smallest absolute Gasteiger partial charge is 0.108 e. The van der Waals surface area contributed by atoms with Crippen LogP contribution in [0.5, 0.6) is 0 Å². The molecular weight excluding hydrogens is 785 g/mol. The molecule has 304 valence electrons. The molecule has 2 aromatic heterocycles. The monoisotopic (exact) mass is 830 g/mol. The maximum Gasteiger partial charge on any atom is 0.108 e. The molecule has 2 aliphatic carbocycles. The van der Waals surface area contributed by atoms with Gasteiger partial charge in [-0.3, -0.25) is 0 Å². The van der Waals surface area contributed by atoms with Crippen molar-refractivity contribution in [1.29, 1.82) is 0 Å². The zero-order valence-electron chi connectivity index (χ0n) is 35.7. The fourth-order valence-electron chi connectivity index (χ4n) is 10.8. The summed E-state index contributed by atoms with van der Waals surface area (Å²) in [5.74, 6) is 0.377. The van der Waals surface area contributed by atoms with Crippen molar-refractivity contribution in [3.63, 3.8) is 0 Å². The van der Waals surface area contributed by atoms with E-state index in [1.165, 1.54) is 32.9 Å². The van der Waals surface area contributed by atoms with Crippen molar-refractivity contribution < 1.29 is 0 Å². The Balaban J connectivity index is 1.15. The van der Waals surface area contributed by atoms with Gasteiger partial charge in [0.25, 0.3) is 0 Å². The lowest BCUT2D eigenvalue weighted by molar-refractivity contribution is 0.227. The lowest BCUT2D eigenvalue weighted by Gasteiger charge is -2.34. The van der Waals surface area contributed by atoms with Crippen LogP contribution in [0.3, 0.4) is 0 Å². The molecule has 1 saturated carbocycles. The van der Waals surface area contributed by atoms with Gasteiger partial charge in [-0.25, -0.2) is 9.97 Å². The minimum atomic E-state index is -0.0402. The standard InChI is InChI=1S/C58H46N4S/c1-57(2)48-32-33-58(57,3)56-51(48)59-52-53(60-56)55(41-35-39-21-17-19-31-47(39)50(37-41)62(44-26-12-6-13-27-44)45-28-14-7-15-29-45)63-54(52)40-34-38-20-16-18-30-46(38)49(36-40)61(42-22-8-4-9-23-42)43-24-10-5-11-25-43/h4-31,34-37,48H,32-33H2,1-3H3. The molecule has 2 unspecified atom stereocenters. The molecule has 2 heterocycles. The van der Waals surface area contributed by atoms with E-state index in [1.807, 2.05) is 11.3 Å². The van der Waals surface area contributed by atoms with E-state index < -0.39 is 0 Å². The zero-order valence-corrected chi connectivity index (χ0v) is 36.5. The maximum absolute atomic E-state index is 5.84. The molecule has 63 heavy (non-hydrogen) atoms. The van der Waals surface area contributed by atoms with Gasteiger partial charge in [-0.15, -0.1) is 11.3 Å². The Morgan fingerprint density at radius 3 is 1.32 bits per heavy atom. The second-order valence-corrected chi connectivity index (χ2v) is 19.0. The summed E-state index contributed by atoms with van der Waals surface area (Å²) in [6.07, 6.45) is 2.28. The van der Waals surface area contributed by atoms with Crippen molar-refractivity contribution in [3.8, 4) is 20.9 Å². The van der Waals surface area contributed by atoms with Gasteiger partial charge in [0.05, 0.1) is 32.5 Å². The molecule has 4 nitrogen and oxygen atoms in total. The number of para-hydroxylation sites is 4. The largest absolute Gasteiger partial charge is 0.310 e. The molecule has 5 heteroatoms. The number of hydrogen-bond donors (Lipinski definition) is 0. The maximum atomic E-state index is 5.84. The first kappa shape index (κ1) is 37.7. The van der Waals surface area contributed by atoms with Gasteiger partial charge < -0.3 is 9.80 Å². The number of hydrogen-bond acceptors (Lipinski definition) is 5. The summed E-state index contributed by atoms with van der Waals surface area (Å²) in [7, 11) is 0. The summed E-state index contributed by atoms with van der Waals surface area (Å²) in [6, 6.07) is 70.0. The van der Waals surface area contributed by atoms with Crippen molar-refractivity contribution in [2.24, 2.45) is 5.41 Å². The van der Waals surface area contributed by atoms with Gasteiger partial charge in [-0.1, -0.05) is 142 Å². The lowest BCUT2D eigenvalue weighted by atomic mass is 9.70. The van der Waals surface area contributed by atoms with E-state index in [0.717, 1.165) is 78.9 Å². The fraction of sp³-hybridized carbons (Fsp3) is 0.138. The zero-order chi connectivity index (χ0) is 42.3. The average Bonchev–Trinajstić information content (AvgIpc) is 3.88. The van der Waals surface area contributed by atoms with Crippen LogP contribution >= 0.6 is 11.3 Å². The van der Waals surface area contributed by atoms with Crippen LogP contribution in [-0.4, -0.2) is 9.97 Å². The van der Waals surface area contributed by atoms with Crippen molar-refractivity contribution in [3.05, 3.63) is 206 Å². The fourth-order valence-corrected chi connectivity index (χ4v) is 11.9. The minimum Gasteiger partial charge on any atom is -0.310 e. The number of benzene rings is 8. The van der Waals surface area contributed by atoms with Crippen LogP contribution in [0.1, 0.15) is 50.9 Å². The quantitative estimate of drug-likeness (QED) is 0.153. The van der Waals surface area contributed by atoms with Crippen LogP contribution in [0.15, 0.2) is 194 Å². The number of rotatable bonds is 8. The van der Waals surface area contributed by atoms with Gasteiger partial charge in [-0.05, 0) is 113 Å². The molecule has 8 aromatic carbocycles. The first-order valence-corrected chi connectivity index (χ1v) is 22.9. The average molecular weight is 831 g/mol. The Morgan fingerprint density at radius 1 is 0.476 bits per heavy atom. The molecule has 2 aliphatic rings. The Morgan fingerprint density at radius 2 is 0.873 bits per heavy atom. The van der Waals surface area contributed by atoms with Gasteiger partial charge in [0.2, 0.25) is 0 Å². The van der Waals surface area contributed by atoms with Gasteiger partial charge in [-0.2, -0.15) is 0 Å². The second-order valence-electron chi connectivity index (χ2n) is 18.0. The highest BCUT2D eigenvalue weighted by Gasteiger charge is 2.61. The molecule has 2 atom stereocenters. The van der Waals surface area contributed by atoms with E-state index in [-0.39, 0.29) is 10.8 Å². The van der Waals surface area contributed by atoms with Gasteiger partial charge in [0.15, 0.2) is 0 Å². The van der Waals surface area contributed by atoms with E-state index in [1.54, 1.807) is 0 Å². The van der Waals surface area contributed by atoms with Crippen LogP contribution in [0.2, 0.25) is 0 Å². The molecule has 0 aliphatic heterocycles. The summed E-state index contributed by atoms with van der Waals surface area (Å²) in [5, 5.41) is 4.74. The third kappa shape index (κ3) is 5.87. The number of anilines is 6. The van der Waals surface area contributed by atoms with E-state index in [4.69, 9.17) is 9.97 Å². The highest BCUT2D eigenvalue weighted by molar-refractivity contribution is 7.20. The second kappa shape index (κ2) is 14.5. The third-order valence-electron chi connectivity index (χ3n) is 14.4. The summed E-state index contributed by atoms with van der Waals surface area (Å²) in [6.45, 7) is 7.32. The molecule has 0 N–H and O–H groups in total. The predicted molar refractivity (Wildman–Crippen MR) is 266 cm³/mol. The number of nitrogens with zero attached hydrogens (tertiary/aromatic N) is 4. The van der Waals surface area contributed by atoms with E-state index in [0.29, 0.717) is 5.92 Å². The predicted octanol–water partition coefficient (Wildman–Crippen LogP) is 16.4. The summed E-state index contributed by atoms with van der Waals surface area (Å²) >= 11 is 1.83. The van der Waals surface area contributed by atoms with Crippen LogP contribution in [-0.2, 0) is 5.41 Å². The van der Waals surface area contributed by atoms with Gasteiger partial charge in [0.1, 0.15) is 11.0 Å². The van der Waals surface area contributed by atoms with Crippen molar-refractivity contribution in [2.75, 3.05) is 9.80 Å². The Labute approximate surface area is 372 Å².